The van der Waals surface area contributed by atoms with Crippen molar-refractivity contribution in [3.8, 4) is 5.88 Å². The van der Waals surface area contributed by atoms with Gasteiger partial charge < -0.3 is 35.5 Å². The summed E-state index contributed by atoms with van der Waals surface area (Å²) in [6, 6.07) is 11.1. The molecule has 1 aromatic carbocycles. The molecule has 0 amide bonds. The van der Waals surface area contributed by atoms with E-state index in [0.717, 1.165) is 36.8 Å². The zero-order valence-corrected chi connectivity index (χ0v) is 20.0. The fourth-order valence-electron chi connectivity index (χ4n) is 3.88. The second-order valence-electron chi connectivity index (χ2n) is 8.89. The number of epoxide rings is 1. The number of ether oxygens (including phenoxy) is 3. The highest BCUT2D eigenvalue weighted by Crippen LogP contribution is 2.26. The van der Waals surface area contributed by atoms with Crippen molar-refractivity contribution in [2.75, 3.05) is 42.4 Å². The maximum absolute atomic E-state index is 14.6. The molecule has 1 unspecified atom stereocenters. The number of aromatic nitrogens is 1. The van der Waals surface area contributed by atoms with E-state index in [1.54, 1.807) is 25.3 Å². The first-order valence-corrected chi connectivity index (χ1v) is 11.8. The maximum Gasteiger partial charge on any atom is 0.213 e. The number of anilines is 3. The molecular weight excluding hydrogens is 463 g/mol. The summed E-state index contributed by atoms with van der Waals surface area (Å²) in [5.41, 5.74) is 3.03. The van der Waals surface area contributed by atoms with Crippen molar-refractivity contribution >= 4 is 23.3 Å². The van der Waals surface area contributed by atoms with Crippen molar-refractivity contribution < 1.29 is 18.6 Å². The number of hydrogen-bond donors (Lipinski definition) is 4. The normalized spacial score (nSPS) is 23.9. The Morgan fingerprint density at radius 1 is 1.31 bits per heavy atom. The highest BCUT2D eigenvalue weighted by atomic mass is 19.1. The smallest absolute Gasteiger partial charge is 0.213 e. The first-order chi connectivity index (χ1) is 17.5. The standard InChI is InChI=1S/C26H29FN6O3/c1-3-22(23-16-35-23)30-18-5-4-6-19(11-18)31-25-21(27)13-29-26(2,33-25)32-20-7-8-24(28-12-20)36-15-17-9-10-34-14-17/h3-8,11-13,17,30-33H,1,9-10,14-16H2,2H3/b23-22+/t17-,26?/m1/s1. The number of benzene rings is 1. The monoisotopic (exact) mass is 492 g/mol. The molecule has 2 fully saturated rings. The van der Waals surface area contributed by atoms with Gasteiger partial charge in [-0.2, -0.15) is 0 Å². The maximum atomic E-state index is 14.6. The van der Waals surface area contributed by atoms with E-state index >= 15 is 0 Å². The highest BCUT2D eigenvalue weighted by Gasteiger charge is 2.28. The molecule has 3 aliphatic heterocycles. The number of hydrogen-bond acceptors (Lipinski definition) is 9. The third kappa shape index (κ3) is 5.95. The Bertz CT molecular complexity index is 1200. The molecule has 0 aliphatic carbocycles. The summed E-state index contributed by atoms with van der Waals surface area (Å²) in [5, 5.41) is 12.7. The van der Waals surface area contributed by atoms with E-state index in [4.69, 9.17) is 14.2 Å². The molecule has 10 heteroatoms. The Kier molecular flexibility index (Phi) is 6.77. The van der Waals surface area contributed by atoms with Gasteiger partial charge >= 0.3 is 0 Å². The molecule has 3 aliphatic rings. The van der Waals surface area contributed by atoms with Gasteiger partial charge in [0, 0.05) is 30.0 Å². The van der Waals surface area contributed by atoms with Crippen LogP contribution >= 0.6 is 0 Å². The molecule has 1 aromatic heterocycles. The van der Waals surface area contributed by atoms with Gasteiger partial charge in [0.05, 0.1) is 37.0 Å². The lowest BCUT2D eigenvalue weighted by atomic mass is 10.1. The fraction of sp³-hybridized carbons (Fsp3) is 0.308. The van der Waals surface area contributed by atoms with Crippen molar-refractivity contribution in [3.63, 3.8) is 0 Å². The summed E-state index contributed by atoms with van der Waals surface area (Å²) in [6.07, 6.45) is 5.56. The Morgan fingerprint density at radius 2 is 2.17 bits per heavy atom. The molecule has 2 aromatic rings. The molecule has 0 spiro atoms. The minimum absolute atomic E-state index is 0.191. The van der Waals surface area contributed by atoms with Crippen molar-refractivity contribution in [2.24, 2.45) is 10.9 Å². The number of pyridine rings is 1. The van der Waals surface area contributed by atoms with Gasteiger partial charge in [-0.25, -0.2) is 14.4 Å². The van der Waals surface area contributed by atoms with Crippen LogP contribution in [0.5, 0.6) is 5.88 Å². The van der Waals surface area contributed by atoms with Crippen molar-refractivity contribution in [3.05, 3.63) is 78.4 Å². The first-order valence-electron chi connectivity index (χ1n) is 11.8. The Hall–Kier alpha value is -4.05. The van der Waals surface area contributed by atoms with Crippen LogP contribution in [0, 0.1) is 5.92 Å². The Labute approximate surface area is 209 Å². The number of aliphatic imine (C=N–C) groups is 1. The Morgan fingerprint density at radius 3 is 2.89 bits per heavy atom. The molecule has 0 saturated carbocycles. The third-order valence-corrected chi connectivity index (χ3v) is 5.86. The SMILES string of the molecule is C=C/C(Nc1cccc(NC2=C(F)C=NC(C)(Nc3ccc(OC[C@@H]4CCOC4)nc3)N2)c1)=C1/CO1. The number of halogens is 1. The highest BCUT2D eigenvalue weighted by molar-refractivity contribution is 5.80. The number of nitrogens with one attached hydrogen (secondary N) is 4. The zero-order chi connectivity index (χ0) is 25.0. The van der Waals surface area contributed by atoms with E-state index in [1.165, 1.54) is 6.21 Å². The average Bonchev–Trinajstić information content (AvgIpc) is 3.59. The molecule has 2 saturated heterocycles. The lowest BCUT2D eigenvalue weighted by Crippen LogP contribution is -2.50. The molecule has 5 rings (SSSR count). The fourth-order valence-corrected chi connectivity index (χ4v) is 3.88. The second-order valence-corrected chi connectivity index (χ2v) is 8.89. The Balaban J connectivity index is 1.20. The van der Waals surface area contributed by atoms with Crippen LogP contribution in [0.3, 0.4) is 0 Å². The van der Waals surface area contributed by atoms with Crippen molar-refractivity contribution in [1.82, 2.24) is 10.3 Å². The largest absolute Gasteiger partial charge is 0.484 e. The summed E-state index contributed by atoms with van der Waals surface area (Å²) in [4.78, 5) is 8.66. The zero-order valence-electron chi connectivity index (χ0n) is 20.0. The topological polar surface area (TPSA) is 104 Å². The van der Waals surface area contributed by atoms with Crippen LogP contribution in [0.4, 0.5) is 21.5 Å². The van der Waals surface area contributed by atoms with Crippen molar-refractivity contribution in [2.45, 2.75) is 19.1 Å². The minimum Gasteiger partial charge on any atom is -0.484 e. The second kappa shape index (κ2) is 10.3. The van der Waals surface area contributed by atoms with Gasteiger partial charge in [0.1, 0.15) is 12.4 Å². The molecule has 0 bridgehead atoms. The first kappa shape index (κ1) is 23.7. The van der Waals surface area contributed by atoms with Crippen LogP contribution in [0.2, 0.25) is 0 Å². The lowest BCUT2D eigenvalue weighted by Gasteiger charge is -2.33. The van der Waals surface area contributed by atoms with E-state index in [0.29, 0.717) is 36.4 Å². The third-order valence-electron chi connectivity index (χ3n) is 5.86. The van der Waals surface area contributed by atoms with Crippen LogP contribution in [0.15, 0.2) is 83.3 Å². The molecule has 0 radical (unpaired) electrons. The molecule has 9 nitrogen and oxygen atoms in total. The van der Waals surface area contributed by atoms with Crippen LogP contribution in [-0.4, -0.2) is 43.4 Å². The molecule has 4 heterocycles. The molecular formula is C26H29FN6O3. The quantitative estimate of drug-likeness (QED) is 0.363. The van der Waals surface area contributed by atoms with Crippen LogP contribution in [0.25, 0.3) is 0 Å². The van der Waals surface area contributed by atoms with E-state index in [2.05, 4.69) is 37.8 Å². The van der Waals surface area contributed by atoms with E-state index in [9.17, 15) is 4.39 Å². The molecule has 36 heavy (non-hydrogen) atoms. The van der Waals surface area contributed by atoms with Crippen LogP contribution < -0.4 is 26.0 Å². The lowest BCUT2D eigenvalue weighted by molar-refractivity contribution is 0.165. The van der Waals surface area contributed by atoms with Crippen molar-refractivity contribution in [1.29, 1.82) is 0 Å². The summed E-state index contributed by atoms with van der Waals surface area (Å²) in [6.45, 7) is 8.30. The summed E-state index contributed by atoms with van der Waals surface area (Å²) in [5.74, 6) is 0.497. The van der Waals surface area contributed by atoms with Gasteiger partial charge in [-0.1, -0.05) is 12.6 Å². The van der Waals surface area contributed by atoms with E-state index in [-0.39, 0.29) is 5.82 Å². The average molecular weight is 493 g/mol. The van der Waals surface area contributed by atoms with E-state index < -0.39 is 11.6 Å². The molecule has 4 N–H and O–H groups in total. The van der Waals surface area contributed by atoms with Gasteiger partial charge in [0.2, 0.25) is 11.7 Å². The van der Waals surface area contributed by atoms with Gasteiger partial charge in [-0.15, -0.1) is 0 Å². The van der Waals surface area contributed by atoms with E-state index in [1.807, 2.05) is 30.3 Å². The van der Waals surface area contributed by atoms with Gasteiger partial charge in [0.15, 0.2) is 11.6 Å². The predicted molar refractivity (Wildman–Crippen MR) is 137 cm³/mol. The van der Waals surface area contributed by atoms with Crippen LogP contribution in [0.1, 0.15) is 13.3 Å². The summed E-state index contributed by atoms with van der Waals surface area (Å²) >= 11 is 0. The predicted octanol–water partition coefficient (Wildman–Crippen LogP) is 4.35. The van der Waals surface area contributed by atoms with Crippen LogP contribution in [-0.2, 0) is 9.47 Å². The number of allylic oxidation sites excluding steroid dienone is 2. The number of rotatable bonds is 10. The van der Waals surface area contributed by atoms with Gasteiger partial charge in [-0.05, 0) is 43.7 Å². The molecule has 188 valence electrons. The summed E-state index contributed by atoms with van der Waals surface area (Å²) < 4.78 is 31.0. The molecule has 2 atom stereocenters. The summed E-state index contributed by atoms with van der Waals surface area (Å²) in [7, 11) is 0. The number of nitrogens with zero attached hydrogens (tertiary/aromatic N) is 2. The van der Waals surface area contributed by atoms with Gasteiger partial charge in [0.25, 0.3) is 0 Å². The minimum atomic E-state index is -0.997. The van der Waals surface area contributed by atoms with Gasteiger partial charge in [-0.3, -0.25) is 0 Å².